The van der Waals surface area contributed by atoms with Gasteiger partial charge in [-0.2, -0.15) is 0 Å². The van der Waals surface area contributed by atoms with E-state index in [1.807, 2.05) is 12.1 Å². The van der Waals surface area contributed by atoms with Gasteiger partial charge >= 0.3 is 5.56 Å². The summed E-state index contributed by atoms with van der Waals surface area (Å²) in [6, 6.07) is 14.3. The summed E-state index contributed by atoms with van der Waals surface area (Å²) < 4.78 is 13.4. The van der Waals surface area contributed by atoms with Crippen LogP contribution in [-0.4, -0.2) is 45.0 Å². The van der Waals surface area contributed by atoms with Crippen molar-refractivity contribution in [1.29, 1.82) is 0 Å². The average Bonchev–Trinajstić information content (AvgIpc) is 3.22. The van der Waals surface area contributed by atoms with Gasteiger partial charge in [-0.1, -0.05) is 23.9 Å². The Hall–Kier alpha value is -3.79. The van der Waals surface area contributed by atoms with Crippen molar-refractivity contribution in [1.82, 2.24) is 19.2 Å². The number of benzene rings is 2. The number of para-hydroxylation sites is 2. The van der Waals surface area contributed by atoms with Crippen LogP contribution in [0.1, 0.15) is 0 Å². The number of aromatic nitrogens is 4. The van der Waals surface area contributed by atoms with Crippen LogP contribution in [0.3, 0.4) is 0 Å². The molecular weight excluding hydrogens is 418 g/mol. The Balaban J connectivity index is 1.51. The van der Waals surface area contributed by atoms with E-state index in [1.165, 1.54) is 16.3 Å². The summed E-state index contributed by atoms with van der Waals surface area (Å²) >= 11 is 1.18. The van der Waals surface area contributed by atoms with E-state index in [-0.39, 0.29) is 22.9 Å². The first-order valence-corrected chi connectivity index (χ1v) is 10.3. The summed E-state index contributed by atoms with van der Waals surface area (Å²) in [6.45, 7) is 0. The monoisotopic (exact) mass is 437 g/mol. The van der Waals surface area contributed by atoms with Crippen LogP contribution in [0, 0.1) is 0 Å². The average molecular weight is 437 g/mol. The van der Waals surface area contributed by atoms with E-state index in [9.17, 15) is 9.59 Å². The predicted molar refractivity (Wildman–Crippen MR) is 117 cm³/mol. The number of anilines is 1. The second-order valence-corrected chi connectivity index (χ2v) is 7.33. The summed E-state index contributed by atoms with van der Waals surface area (Å²) in [7, 11) is 3.13. The molecule has 0 spiro atoms. The highest BCUT2D eigenvalue weighted by Crippen LogP contribution is 2.24. The van der Waals surface area contributed by atoms with E-state index in [2.05, 4.69) is 15.5 Å². The maximum atomic E-state index is 12.9. The zero-order valence-corrected chi connectivity index (χ0v) is 17.6. The minimum atomic E-state index is -0.314. The molecule has 1 N–H and O–H groups in total. The SMILES string of the molecule is COc1ccc(-n2ccn3c(SCC(=O)Nc4ccccc4OC)nnc3c2=O)cc1. The molecule has 10 heteroatoms. The van der Waals surface area contributed by atoms with Gasteiger partial charge in [0.1, 0.15) is 11.5 Å². The molecule has 158 valence electrons. The number of carbonyl (C=O) groups is 1. The topological polar surface area (TPSA) is 99.8 Å². The summed E-state index contributed by atoms with van der Waals surface area (Å²) in [5, 5.41) is 11.3. The van der Waals surface area contributed by atoms with Crippen molar-refractivity contribution in [3.8, 4) is 17.2 Å². The number of nitrogens with zero attached hydrogens (tertiary/aromatic N) is 4. The second-order valence-electron chi connectivity index (χ2n) is 6.38. The molecule has 0 bridgehead atoms. The molecule has 0 fully saturated rings. The quantitative estimate of drug-likeness (QED) is 0.444. The van der Waals surface area contributed by atoms with Crippen LogP contribution in [0.15, 0.2) is 70.9 Å². The van der Waals surface area contributed by atoms with Crippen LogP contribution in [-0.2, 0) is 4.79 Å². The molecule has 2 heterocycles. The smallest absolute Gasteiger partial charge is 0.300 e. The summed E-state index contributed by atoms with van der Waals surface area (Å²) in [5.74, 6) is 1.15. The number of thioether (sulfide) groups is 1. The third-order valence-corrected chi connectivity index (χ3v) is 5.45. The molecule has 9 nitrogen and oxygen atoms in total. The van der Waals surface area contributed by atoms with E-state index in [4.69, 9.17) is 9.47 Å². The molecule has 4 rings (SSSR count). The number of amides is 1. The van der Waals surface area contributed by atoms with Gasteiger partial charge in [-0.25, -0.2) is 0 Å². The minimum Gasteiger partial charge on any atom is -0.497 e. The number of hydrogen-bond donors (Lipinski definition) is 1. The van der Waals surface area contributed by atoms with Crippen LogP contribution in [0.2, 0.25) is 0 Å². The lowest BCUT2D eigenvalue weighted by Crippen LogP contribution is -2.20. The van der Waals surface area contributed by atoms with E-state index < -0.39 is 0 Å². The van der Waals surface area contributed by atoms with Crippen molar-refractivity contribution in [3.05, 3.63) is 71.3 Å². The molecule has 1 amide bonds. The first-order chi connectivity index (χ1) is 15.1. The van der Waals surface area contributed by atoms with Crippen molar-refractivity contribution in [2.24, 2.45) is 0 Å². The van der Waals surface area contributed by atoms with Crippen molar-refractivity contribution in [3.63, 3.8) is 0 Å². The van der Waals surface area contributed by atoms with Gasteiger partial charge in [0.05, 0.1) is 25.7 Å². The first kappa shape index (κ1) is 20.5. The van der Waals surface area contributed by atoms with E-state index in [0.29, 0.717) is 28.0 Å². The number of nitrogens with one attached hydrogen (secondary N) is 1. The number of hydrogen-bond acceptors (Lipinski definition) is 7. The number of methoxy groups -OCH3 is 2. The third-order valence-electron chi connectivity index (χ3n) is 4.50. The molecule has 4 aromatic rings. The Morgan fingerprint density at radius 2 is 1.81 bits per heavy atom. The van der Waals surface area contributed by atoms with Crippen molar-refractivity contribution in [2.75, 3.05) is 25.3 Å². The predicted octanol–water partition coefficient (Wildman–Crippen LogP) is 2.63. The Morgan fingerprint density at radius 3 is 2.55 bits per heavy atom. The van der Waals surface area contributed by atoms with Gasteiger partial charge in [-0.15, -0.1) is 10.2 Å². The number of rotatable bonds is 7. The molecule has 0 unspecified atom stereocenters. The highest BCUT2D eigenvalue weighted by Gasteiger charge is 2.14. The van der Waals surface area contributed by atoms with Crippen LogP contribution in [0.25, 0.3) is 11.3 Å². The van der Waals surface area contributed by atoms with Gasteiger partial charge in [0.2, 0.25) is 11.6 Å². The molecule has 2 aromatic carbocycles. The number of carbonyl (C=O) groups excluding carboxylic acids is 1. The number of fused-ring (bicyclic) bond motifs is 1. The van der Waals surface area contributed by atoms with E-state index >= 15 is 0 Å². The van der Waals surface area contributed by atoms with Crippen molar-refractivity contribution >= 4 is 29.0 Å². The lowest BCUT2D eigenvalue weighted by molar-refractivity contribution is -0.113. The highest BCUT2D eigenvalue weighted by molar-refractivity contribution is 7.99. The molecule has 0 atom stereocenters. The van der Waals surface area contributed by atoms with Crippen LogP contribution in [0.5, 0.6) is 11.5 Å². The highest BCUT2D eigenvalue weighted by atomic mass is 32.2. The minimum absolute atomic E-state index is 0.0976. The normalized spacial score (nSPS) is 10.8. The molecule has 31 heavy (non-hydrogen) atoms. The van der Waals surface area contributed by atoms with Crippen LogP contribution < -0.4 is 20.3 Å². The van der Waals surface area contributed by atoms with Crippen molar-refractivity contribution < 1.29 is 14.3 Å². The maximum absolute atomic E-state index is 12.9. The molecule has 2 aromatic heterocycles. The molecule has 0 aliphatic rings. The fourth-order valence-electron chi connectivity index (χ4n) is 2.97. The Bertz CT molecular complexity index is 1280. The lowest BCUT2D eigenvalue weighted by atomic mass is 10.3. The lowest BCUT2D eigenvalue weighted by Gasteiger charge is -2.09. The Labute approximate surface area is 181 Å². The van der Waals surface area contributed by atoms with Gasteiger partial charge < -0.3 is 14.8 Å². The fourth-order valence-corrected chi connectivity index (χ4v) is 3.69. The molecule has 0 saturated carbocycles. The summed E-state index contributed by atoms with van der Waals surface area (Å²) in [4.78, 5) is 25.2. The van der Waals surface area contributed by atoms with Gasteiger partial charge in [-0.3, -0.25) is 18.6 Å². The molecule has 0 aliphatic carbocycles. The third kappa shape index (κ3) is 4.24. The molecule has 0 aliphatic heterocycles. The molecule has 0 radical (unpaired) electrons. The number of ether oxygens (including phenoxy) is 2. The maximum Gasteiger partial charge on any atom is 0.300 e. The van der Waals surface area contributed by atoms with Crippen LogP contribution >= 0.6 is 11.8 Å². The molecule has 0 saturated heterocycles. The summed E-state index contributed by atoms with van der Waals surface area (Å²) in [6.07, 6.45) is 3.33. The Morgan fingerprint density at radius 1 is 1.03 bits per heavy atom. The van der Waals surface area contributed by atoms with Gasteiger partial charge in [0.25, 0.3) is 0 Å². The van der Waals surface area contributed by atoms with E-state index in [0.717, 1.165) is 0 Å². The standard InChI is InChI=1S/C21H19N5O4S/c1-29-15-9-7-14(8-10-15)25-11-12-26-19(20(25)28)23-24-21(26)31-13-18(27)22-16-5-3-4-6-17(16)30-2/h3-12H,13H2,1-2H3,(H,22,27). The first-order valence-electron chi connectivity index (χ1n) is 9.27. The largest absolute Gasteiger partial charge is 0.497 e. The zero-order valence-electron chi connectivity index (χ0n) is 16.8. The zero-order chi connectivity index (χ0) is 21.8. The van der Waals surface area contributed by atoms with Crippen molar-refractivity contribution in [2.45, 2.75) is 5.16 Å². The van der Waals surface area contributed by atoms with Gasteiger partial charge in [-0.05, 0) is 36.4 Å². The van der Waals surface area contributed by atoms with Crippen LogP contribution in [0.4, 0.5) is 5.69 Å². The Kier molecular flexibility index (Phi) is 5.89. The molecular formula is C21H19N5O4S. The fraction of sp³-hybridized carbons (Fsp3) is 0.143. The van der Waals surface area contributed by atoms with E-state index in [1.54, 1.807) is 67.4 Å². The van der Waals surface area contributed by atoms with Gasteiger partial charge in [0.15, 0.2) is 5.16 Å². The van der Waals surface area contributed by atoms with Gasteiger partial charge in [0, 0.05) is 18.1 Å². The summed E-state index contributed by atoms with van der Waals surface area (Å²) in [5.41, 5.74) is 1.13. The second kappa shape index (κ2) is 8.92.